The van der Waals surface area contributed by atoms with Crippen LogP contribution in [0.4, 0.5) is 5.69 Å². The maximum atomic E-state index is 12.3. The Bertz CT molecular complexity index is 668. The van der Waals surface area contributed by atoms with Gasteiger partial charge in [-0.2, -0.15) is 0 Å². The number of nitrogens with one attached hydrogen (secondary N) is 2. The Labute approximate surface area is 137 Å². The smallest absolute Gasteiger partial charge is 0.279 e. The molecule has 1 atom stereocenters. The molecule has 1 unspecified atom stereocenters. The molecule has 120 valence electrons. The molecule has 23 heavy (non-hydrogen) atoms. The number of Topliss-reactive ketones (excluding diaryl/α,β-unsaturated/α-hetero) is 1. The number of hydrogen-bond acceptors (Lipinski definition) is 2. The van der Waals surface area contributed by atoms with Gasteiger partial charge in [0.2, 0.25) is 0 Å². The van der Waals surface area contributed by atoms with Gasteiger partial charge in [0.15, 0.2) is 12.3 Å². The molecule has 0 aromatic heterocycles. The minimum absolute atomic E-state index is 0.0510. The van der Waals surface area contributed by atoms with Crippen LogP contribution in [0.3, 0.4) is 0 Å². The van der Waals surface area contributed by atoms with Crippen LogP contribution in [0.5, 0.6) is 0 Å². The fourth-order valence-electron chi connectivity index (χ4n) is 2.52. The molecule has 0 aliphatic rings. The van der Waals surface area contributed by atoms with E-state index in [1.807, 2.05) is 24.3 Å². The fourth-order valence-corrected chi connectivity index (χ4v) is 2.52. The van der Waals surface area contributed by atoms with E-state index in [0.717, 1.165) is 13.1 Å². The van der Waals surface area contributed by atoms with Crippen LogP contribution in [0.2, 0.25) is 0 Å². The maximum Gasteiger partial charge on any atom is 0.279 e. The molecule has 0 radical (unpaired) electrons. The van der Waals surface area contributed by atoms with Gasteiger partial charge in [-0.05, 0) is 26.0 Å². The monoisotopic (exact) mass is 311 g/mol. The number of quaternary nitrogens is 1. The van der Waals surface area contributed by atoms with E-state index < -0.39 is 0 Å². The number of rotatable bonds is 7. The summed E-state index contributed by atoms with van der Waals surface area (Å²) in [6.07, 6.45) is 0. The van der Waals surface area contributed by atoms with Gasteiger partial charge in [-0.25, -0.2) is 0 Å². The van der Waals surface area contributed by atoms with Crippen molar-refractivity contribution in [2.45, 2.75) is 20.4 Å². The summed E-state index contributed by atoms with van der Waals surface area (Å²) in [5.41, 5.74) is 2.34. The molecule has 0 aliphatic carbocycles. The third-order valence-corrected chi connectivity index (χ3v) is 3.79. The fraction of sp³-hybridized carbons (Fsp3) is 0.263. The Morgan fingerprint density at radius 1 is 1.00 bits per heavy atom. The van der Waals surface area contributed by atoms with Gasteiger partial charge in [-0.1, -0.05) is 42.5 Å². The van der Waals surface area contributed by atoms with Crippen molar-refractivity contribution >= 4 is 17.4 Å². The second kappa shape index (κ2) is 8.25. The Morgan fingerprint density at radius 3 is 2.30 bits per heavy atom. The first-order valence-corrected chi connectivity index (χ1v) is 7.87. The minimum atomic E-state index is -0.0773. The molecule has 0 heterocycles. The molecule has 2 aromatic rings. The summed E-state index contributed by atoms with van der Waals surface area (Å²) in [4.78, 5) is 25.1. The maximum absolute atomic E-state index is 12.3. The van der Waals surface area contributed by atoms with Crippen LogP contribution >= 0.6 is 0 Å². The van der Waals surface area contributed by atoms with Crippen LogP contribution in [0, 0.1) is 0 Å². The first-order chi connectivity index (χ1) is 11.1. The number of carbonyl (C=O) groups excluding carboxylic acids is 2. The first kappa shape index (κ1) is 16.9. The lowest BCUT2D eigenvalue weighted by Crippen LogP contribution is -3.11. The lowest BCUT2D eigenvalue weighted by atomic mass is 10.1. The molecule has 0 aliphatic heterocycles. The number of likely N-dealkylation sites (N-methyl/N-ethyl adjacent to an activating group) is 1. The van der Waals surface area contributed by atoms with Crippen LogP contribution in [0.15, 0.2) is 54.6 Å². The van der Waals surface area contributed by atoms with Crippen LogP contribution < -0.4 is 10.2 Å². The van der Waals surface area contributed by atoms with E-state index in [1.54, 1.807) is 18.2 Å². The highest BCUT2D eigenvalue weighted by Gasteiger charge is 2.15. The van der Waals surface area contributed by atoms with Crippen molar-refractivity contribution in [1.82, 2.24) is 0 Å². The lowest BCUT2D eigenvalue weighted by molar-refractivity contribution is -0.903. The predicted octanol–water partition coefficient (Wildman–Crippen LogP) is 1.93. The second-order valence-corrected chi connectivity index (χ2v) is 5.59. The summed E-state index contributed by atoms with van der Waals surface area (Å²) in [5, 5.41) is 2.86. The summed E-state index contributed by atoms with van der Waals surface area (Å²) in [6, 6.07) is 17.2. The molecular formula is C19H23N2O2+. The van der Waals surface area contributed by atoms with Gasteiger partial charge in [0.1, 0.15) is 6.54 Å². The summed E-state index contributed by atoms with van der Waals surface area (Å²) in [7, 11) is 0. The highest BCUT2D eigenvalue weighted by atomic mass is 16.2. The van der Waals surface area contributed by atoms with Crippen molar-refractivity contribution in [1.29, 1.82) is 0 Å². The number of ketones is 1. The number of benzene rings is 2. The number of hydrogen-bond donors (Lipinski definition) is 2. The quantitative estimate of drug-likeness (QED) is 0.768. The highest BCUT2D eigenvalue weighted by Crippen LogP contribution is 2.15. The van der Waals surface area contributed by atoms with E-state index in [1.165, 1.54) is 17.4 Å². The van der Waals surface area contributed by atoms with Crippen LogP contribution in [0.1, 0.15) is 29.8 Å². The molecule has 0 spiro atoms. The van der Waals surface area contributed by atoms with Gasteiger partial charge >= 0.3 is 0 Å². The first-order valence-electron chi connectivity index (χ1n) is 7.87. The van der Waals surface area contributed by atoms with E-state index in [0.29, 0.717) is 17.8 Å². The molecule has 2 N–H and O–H groups in total. The van der Waals surface area contributed by atoms with Gasteiger partial charge in [0.25, 0.3) is 5.91 Å². The Hall–Kier alpha value is -2.46. The second-order valence-electron chi connectivity index (χ2n) is 5.59. The summed E-state index contributed by atoms with van der Waals surface area (Å²) in [6.45, 7) is 5.60. The van der Waals surface area contributed by atoms with Crippen molar-refractivity contribution in [3.8, 4) is 0 Å². The van der Waals surface area contributed by atoms with Gasteiger partial charge in [-0.3, -0.25) is 9.59 Å². The molecule has 1 amide bonds. The molecule has 0 saturated carbocycles. The van der Waals surface area contributed by atoms with Crippen molar-refractivity contribution in [2.24, 2.45) is 0 Å². The normalized spacial score (nSPS) is 11.7. The van der Waals surface area contributed by atoms with Crippen molar-refractivity contribution < 1.29 is 14.5 Å². The Kier molecular flexibility index (Phi) is 6.06. The van der Waals surface area contributed by atoms with E-state index >= 15 is 0 Å². The largest absolute Gasteiger partial charge is 0.324 e. The summed E-state index contributed by atoms with van der Waals surface area (Å²) >= 11 is 0. The van der Waals surface area contributed by atoms with E-state index in [9.17, 15) is 9.59 Å². The molecule has 0 bridgehead atoms. The average molecular weight is 311 g/mol. The van der Waals surface area contributed by atoms with Crippen molar-refractivity contribution in [3.63, 3.8) is 0 Å². The minimum Gasteiger partial charge on any atom is -0.324 e. The zero-order valence-electron chi connectivity index (χ0n) is 13.6. The average Bonchev–Trinajstić information content (AvgIpc) is 2.55. The van der Waals surface area contributed by atoms with Gasteiger partial charge in [0, 0.05) is 11.1 Å². The van der Waals surface area contributed by atoms with Crippen LogP contribution in [-0.2, 0) is 11.3 Å². The molecular weight excluding hydrogens is 288 g/mol. The van der Waals surface area contributed by atoms with E-state index in [4.69, 9.17) is 0 Å². The molecule has 0 saturated heterocycles. The predicted molar refractivity (Wildman–Crippen MR) is 91.6 cm³/mol. The SMILES string of the molecule is CC[NH+](CC(=O)Nc1ccccc1C(C)=O)Cc1ccccc1. The summed E-state index contributed by atoms with van der Waals surface area (Å²) in [5.74, 6) is -0.128. The standard InChI is InChI=1S/C19H22N2O2/c1-3-21(13-16-9-5-4-6-10-16)14-19(23)20-18-12-8-7-11-17(18)15(2)22/h4-12H,3,13-14H2,1-2H3,(H,20,23)/p+1. The van der Waals surface area contributed by atoms with Crippen LogP contribution in [0.25, 0.3) is 0 Å². The Morgan fingerprint density at radius 2 is 1.65 bits per heavy atom. The number of amides is 1. The zero-order valence-corrected chi connectivity index (χ0v) is 13.6. The zero-order chi connectivity index (χ0) is 16.7. The number of para-hydroxylation sites is 1. The highest BCUT2D eigenvalue weighted by molar-refractivity contribution is 6.03. The molecule has 2 aromatic carbocycles. The van der Waals surface area contributed by atoms with Gasteiger partial charge < -0.3 is 10.2 Å². The summed E-state index contributed by atoms with van der Waals surface area (Å²) < 4.78 is 0. The third-order valence-electron chi connectivity index (χ3n) is 3.79. The third kappa shape index (κ3) is 5.04. The van der Waals surface area contributed by atoms with Crippen LogP contribution in [-0.4, -0.2) is 24.8 Å². The number of anilines is 1. The number of carbonyl (C=O) groups is 2. The molecule has 0 fully saturated rings. The van der Waals surface area contributed by atoms with Gasteiger partial charge in [0.05, 0.1) is 12.2 Å². The topological polar surface area (TPSA) is 50.6 Å². The van der Waals surface area contributed by atoms with E-state index in [-0.39, 0.29) is 11.7 Å². The molecule has 2 rings (SSSR count). The van der Waals surface area contributed by atoms with E-state index in [2.05, 4.69) is 24.4 Å². The lowest BCUT2D eigenvalue weighted by Gasteiger charge is -2.18. The van der Waals surface area contributed by atoms with Gasteiger partial charge in [-0.15, -0.1) is 0 Å². The molecule has 4 nitrogen and oxygen atoms in total. The van der Waals surface area contributed by atoms with Crippen molar-refractivity contribution in [2.75, 3.05) is 18.4 Å². The van der Waals surface area contributed by atoms with Crippen molar-refractivity contribution in [3.05, 3.63) is 65.7 Å². The Balaban J connectivity index is 1.99. The molecule has 4 heteroatoms.